The molecule has 0 unspecified atom stereocenters. The topological polar surface area (TPSA) is 51.6 Å². The maximum absolute atomic E-state index is 4.88. The van der Waals surface area contributed by atoms with Gasteiger partial charge in [0.05, 0.1) is 31.0 Å². The summed E-state index contributed by atoms with van der Waals surface area (Å²) in [4.78, 5) is 16.3. The fourth-order valence-electron chi connectivity index (χ4n) is 11.0. The Hall–Kier alpha value is -3.36. The van der Waals surface area contributed by atoms with Gasteiger partial charge in [-0.15, -0.1) is 90.7 Å². The van der Waals surface area contributed by atoms with Crippen LogP contribution in [0.3, 0.4) is 0 Å². The Morgan fingerprint density at radius 1 is 0.310 bits per heavy atom. The molecule has 0 fully saturated rings. The molecule has 436 valence electrons. The van der Waals surface area contributed by atoms with Gasteiger partial charge in [0.15, 0.2) is 0 Å². The fourth-order valence-corrected chi connectivity index (χ4v) is 21.9. The van der Waals surface area contributed by atoms with Crippen molar-refractivity contribution in [2.75, 3.05) is 0 Å². The van der Waals surface area contributed by atoms with Crippen LogP contribution in [0.4, 0.5) is 0 Å². The average Bonchev–Trinajstić information content (AvgIpc) is 2.25. The van der Waals surface area contributed by atoms with Gasteiger partial charge in [0.25, 0.3) is 0 Å². The van der Waals surface area contributed by atoms with Crippen LogP contribution in [0, 0.1) is 0 Å². The largest absolute Gasteiger partial charge is 0.172 e. The molecule has 0 atom stereocenters. The summed E-state index contributed by atoms with van der Waals surface area (Å²) in [5, 5.41) is 4.38. The molecule has 84 heavy (non-hydrogen) atoms. The predicted molar refractivity (Wildman–Crippen MR) is 388 cm³/mol. The number of nitrogens with zero attached hydrogens (tertiary/aromatic N) is 4. The lowest BCUT2D eigenvalue weighted by Gasteiger charge is -2.03. The standard InChI is InChI=1S/C34H34Br2N2S5.C34H36N2S5/c1-3-5-7-9-11-21-19-27(41-33(21)25-15-17-29(35)39-25)23-13-14-24(32-31(23)37-43-38-32)28-20-22(12-10-8-6-4-2)34(42-28)26-16-18-30(36)40-26;1-3-5-7-9-13-23-21-29(39-33(23)27-15-11-19-37-27)25-17-18-26(32-31(25)35-41-36-32)30-22-24(14-10-8-6-4-2)34(40-30)28-16-12-20-38-28/h13-20H,3-12H2,1-2H3;11-12,15-22H,3-10,13-14H2,1-2H3. The van der Waals surface area contributed by atoms with Crippen molar-refractivity contribution >= 4 is 168 Å². The first-order chi connectivity index (χ1) is 41.3. The van der Waals surface area contributed by atoms with Crippen molar-refractivity contribution in [1.29, 1.82) is 0 Å². The van der Waals surface area contributed by atoms with Crippen LogP contribution in [0.15, 0.2) is 115 Å². The molecule has 0 aliphatic heterocycles. The molecule has 4 nitrogen and oxygen atoms in total. The first-order valence-electron chi connectivity index (χ1n) is 29.9. The molecule has 10 heterocycles. The smallest absolute Gasteiger partial charge is 0.114 e. The van der Waals surface area contributed by atoms with E-state index in [0.29, 0.717) is 0 Å². The Morgan fingerprint density at radius 2 is 0.607 bits per heavy atom. The summed E-state index contributed by atoms with van der Waals surface area (Å²) in [5.41, 5.74) is 14.9. The summed E-state index contributed by atoms with van der Waals surface area (Å²) < 4.78 is 21.8. The van der Waals surface area contributed by atoms with Gasteiger partial charge in [0.2, 0.25) is 0 Å². The van der Waals surface area contributed by atoms with Gasteiger partial charge in [-0.1, -0.05) is 141 Å². The van der Waals surface area contributed by atoms with E-state index in [1.807, 2.05) is 90.7 Å². The number of rotatable bonds is 28. The number of halogens is 2. The number of hydrogen-bond donors (Lipinski definition) is 0. The lowest BCUT2D eigenvalue weighted by molar-refractivity contribution is 0.668. The summed E-state index contributed by atoms with van der Waals surface area (Å²) >= 11 is 25.0. The molecule has 0 aliphatic carbocycles. The van der Waals surface area contributed by atoms with E-state index in [9.17, 15) is 0 Å². The minimum atomic E-state index is 1.03. The first kappa shape index (κ1) is 62.3. The van der Waals surface area contributed by atoms with E-state index in [2.05, 4.69) is 167 Å². The molecule has 0 radical (unpaired) electrons. The minimum Gasteiger partial charge on any atom is -0.172 e. The van der Waals surface area contributed by atoms with Crippen molar-refractivity contribution in [2.24, 2.45) is 0 Å². The van der Waals surface area contributed by atoms with E-state index in [1.54, 1.807) is 0 Å². The highest BCUT2D eigenvalue weighted by Gasteiger charge is 2.24. The normalized spacial score (nSPS) is 11.7. The molecule has 12 rings (SSSR count). The van der Waals surface area contributed by atoms with E-state index in [-0.39, 0.29) is 0 Å². The molecule has 0 aliphatic rings. The summed E-state index contributed by atoms with van der Waals surface area (Å²) in [6, 6.07) is 36.6. The van der Waals surface area contributed by atoms with Crippen LogP contribution in [0.5, 0.6) is 0 Å². The van der Waals surface area contributed by atoms with E-state index >= 15 is 0 Å². The Bertz CT molecular complexity index is 3740. The Balaban J connectivity index is 0.000000176. The second kappa shape index (κ2) is 30.7. The number of unbranched alkanes of at least 4 members (excludes halogenated alkanes) is 12. The van der Waals surface area contributed by atoms with Gasteiger partial charge < -0.3 is 0 Å². The van der Waals surface area contributed by atoms with E-state index in [0.717, 1.165) is 47.8 Å². The zero-order valence-corrected chi connectivity index (χ0v) is 59.5. The number of thiophene rings is 8. The second-order valence-corrected chi connectivity index (χ2v) is 33.6. The van der Waals surface area contributed by atoms with Crippen molar-refractivity contribution in [3.63, 3.8) is 0 Å². The minimum absolute atomic E-state index is 1.03. The molecular weight excluding hydrogens is 1350 g/mol. The van der Waals surface area contributed by atoms with Crippen molar-refractivity contribution in [3.05, 3.63) is 138 Å². The van der Waals surface area contributed by atoms with Gasteiger partial charge in [-0.25, -0.2) is 0 Å². The Morgan fingerprint density at radius 3 is 0.857 bits per heavy atom. The molecule has 12 aromatic rings. The highest BCUT2D eigenvalue weighted by atomic mass is 79.9. The molecule has 0 N–H and O–H groups in total. The van der Waals surface area contributed by atoms with Gasteiger partial charge in [-0.3, -0.25) is 0 Å². The summed E-state index contributed by atoms with van der Waals surface area (Å²) in [5.74, 6) is 0. The first-order valence-corrected chi connectivity index (χ1v) is 39.6. The zero-order valence-electron chi connectivity index (χ0n) is 48.2. The lowest BCUT2D eigenvalue weighted by atomic mass is 10.0. The van der Waals surface area contributed by atoms with Crippen molar-refractivity contribution in [1.82, 2.24) is 17.5 Å². The highest BCUT2D eigenvalue weighted by molar-refractivity contribution is 9.11. The fraction of sp³-hybridized carbons (Fsp3) is 0.353. The third-order valence-electron chi connectivity index (χ3n) is 15.4. The van der Waals surface area contributed by atoms with Crippen LogP contribution in [0.25, 0.3) is 103 Å². The number of hydrogen-bond acceptors (Lipinski definition) is 14. The van der Waals surface area contributed by atoms with Crippen molar-refractivity contribution in [2.45, 2.75) is 156 Å². The van der Waals surface area contributed by atoms with E-state index < -0.39 is 0 Å². The van der Waals surface area contributed by atoms with Crippen LogP contribution >= 0.6 is 146 Å². The van der Waals surface area contributed by atoms with Crippen LogP contribution in [0.1, 0.15) is 153 Å². The van der Waals surface area contributed by atoms with Crippen LogP contribution < -0.4 is 0 Å². The van der Waals surface area contributed by atoms with Crippen LogP contribution in [-0.4, -0.2) is 17.5 Å². The van der Waals surface area contributed by atoms with Gasteiger partial charge in [-0.2, -0.15) is 17.5 Å². The number of aromatic nitrogens is 4. The number of fused-ring (bicyclic) bond motifs is 2. The van der Waals surface area contributed by atoms with Crippen LogP contribution in [0.2, 0.25) is 0 Å². The molecule has 10 aromatic heterocycles. The summed E-state index contributed by atoms with van der Waals surface area (Å²) in [7, 11) is 0. The molecule has 2 aromatic carbocycles. The molecular formula is C68H70Br2N4S10. The van der Waals surface area contributed by atoms with Gasteiger partial charge in [0, 0.05) is 80.8 Å². The van der Waals surface area contributed by atoms with Crippen LogP contribution in [-0.2, 0) is 25.7 Å². The Kier molecular flexibility index (Phi) is 22.8. The van der Waals surface area contributed by atoms with Crippen molar-refractivity contribution < 1.29 is 0 Å². The summed E-state index contributed by atoms with van der Waals surface area (Å²) in [6.45, 7) is 9.12. The quantitative estimate of drug-likeness (QED) is 0.0459. The maximum Gasteiger partial charge on any atom is 0.114 e. The summed E-state index contributed by atoms with van der Waals surface area (Å²) in [6.07, 6.45) is 25.0. The number of aryl methyl sites for hydroxylation is 4. The molecule has 0 amide bonds. The third-order valence-corrected chi connectivity index (χ3v) is 27.0. The van der Waals surface area contributed by atoms with Crippen molar-refractivity contribution in [3.8, 4) is 80.8 Å². The van der Waals surface area contributed by atoms with E-state index in [1.165, 1.54) is 237 Å². The molecule has 0 saturated heterocycles. The van der Waals surface area contributed by atoms with Gasteiger partial charge >= 0.3 is 0 Å². The monoisotopic (exact) mass is 1420 g/mol. The highest BCUT2D eigenvalue weighted by Crippen LogP contribution is 2.50. The SMILES string of the molecule is CCCCCCc1cc(-c2ccc(-c3cc(CCCCCC)c(-c4ccc(Br)s4)s3)c3nsnc23)sc1-c1ccc(Br)s1.CCCCCCc1cc(-c2ccc(-c3cc(CCCCCC)c(-c4cccs4)s3)c3nsnc23)sc1-c1cccs1. The maximum atomic E-state index is 4.88. The lowest BCUT2D eigenvalue weighted by Crippen LogP contribution is -1.86. The average molecular weight is 1420 g/mol. The van der Waals surface area contributed by atoms with Gasteiger partial charge in [0.1, 0.15) is 22.1 Å². The number of benzene rings is 2. The molecule has 0 bridgehead atoms. The zero-order chi connectivity index (χ0) is 57.8. The van der Waals surface area contributed by atoms with E-state index in [4.69, 9.17) is 17.5 Å². The Labute approximate surface area is 554 Å². The second-order valence-electron chi connectivity index (χ2n) is 21.5. The third kappa shape index (κ3) is 14.9. The predicted octanol–water partition coefficient (Wildman–Crippen LogP) is 27.2. The van der Waals surface area contributed by atoms with Gasteiger partial charge in [-0.05, 0) is 177 Å². The molecule has 16 heteroatoms. The molecule has 0 spiro atoms. The molecule has 0 saturated carbocycles.